The highest BCUT2D eigenvalue weighted by Gasteiger charge is 2.16. The summed E-state index contributed by atoms with van der Waals surface area (Å²) in [5.74, 6) is -0.568. The highest BCUT2D eigenvalue weighted by molar-refractivity contribution is 6.08. The average molecular weight is 418 g/mol. The van der Waals surface area contributed by atoms with Crippen molar-refractivity contribution in [3.63, 3.8) is 0 Å². The predicted octanol–water partition coefficient (Wildman–Crippen LogP) is 4.46. The molecule has 0 aliphatic heterocycles. The van der Waals surface area contributed by atoms with Gasteiger partial charge in [-0.15, -0.1) is 0 Å². The standard InChI is InChI=1S/C24H22N2O5/c1-26(2)16-8-6-7-15(11-16)24(28)30-14-23(27)25-19-13-21-18(12-22(19)29-3)17-9-4-5-10-20(17)31-21/h4-13H,14H2,1-3H3,(H,25,27). The number of hydrogen-bond donors (Lipinski definition) is 1. The maximum Gasteiger partial charge on any atom is 0.338 e. The molecule has 7 heteroatoms. The molecule has 0 fully saturated rings. The minimum Gasteiger partial charge on any atom is -0.495 e. The number of nitrogens with one attached hydrogen (secondary N) is 1. The number of rotatable bonds is 6. The van der Waals surface area contributed by atoms with Gasteiger partial charge in [-0.05, 0) is 30.3 Å². The van der Waals surface area contributed by atoms with Crippen molar-refractivity contribution < 1.29 is 23.5 Å². The molecule has 1 aromatic heterocycles. The molecule has 0 atom stereocenters. The van der Waals surface area contributed by atoms with Gasteiger partial charge in [-0.25, -0.2) is 4.79 Å². The Hall–Kier alpha value is -4.00. The Balaban J connectivity index is 1.48. The van der Waals surface area contributed by atoms with Gasteiger partial charge in [0.25, 0.3) is 5.91 Å². The van der Waals surface area contributed by atoms with Crippen LogP contribution >= 0.6 is 0 Å². The van der Waals surface area contributed by atoms with E-state index in [-0.39, 0.29) is 0 Å². The number of carbonyl (C=O) groups excluding carboxylic acids is 2. The van der Waals surface area contributed by atoms with Crippen molar-refractivity contribution in [2.24, 2.45) is 0 Å². The number of benzene rings is 3. The number of fused-ring (bicyclic) bond motifs is 3. The molecular formula is C24H22N2O5. The SMILES string of the molecule is COc1cc2c(cc1NC(=O)COC(=O)c1cccc(N(C)C)c1)oc1ccccc12. The molecule has 4 aromatic rings. The molecule has 0 saturated heterocycles. The summed E-state index contributed by atoms with van der Waals surface area (Å²) in [5, 5.41) is 4.57. The summed E-state index contributed by atoms with van der Waals surface area (Å²) in [7, 11) is 5.28. The second kappa shape index (κ2) is 8.39. The number of carbonyl (C=O) groups is 2. The van der Waals surface area contributed by atoms with Gasteiger partial charge in [-0.1, -0.05) is 24.3 Å². The Morgan fingerprint density at radius 2 is 1.77 bits per heavy atom. The third-order valence-corrected chi connectivity index (χ3v) is 4.91. The summed E-state index contributed by atoms with van der Waals surface area (Å²) in [5.41, 5.74) is 3.04. The van der Waals surface area contributed by atoms with Gasteiger partial charge in [0.2, 0.25) is 0 Å². The molecule has 31 heavy (non-hydrogen) atoms. The molecule has 0 saturated carbocycles. The lowest BCUT2D eigenvalue weighted by Gasteiger charge is -2.13. The van der Waals surface area contributed by atoms with E-state index >= 15 is 0 Å². The number of methoxy groups -OCH3 is 1. The highest BCUT2D eigenvalue weighted by atomic mass is 16.5. The fraction of sp³-hybridized carbons (Fsp3) is 0.167. The van der Waals surface area contributed by atoms with Crippen LogP contribution in [0.4, 0.5) is 11.4 Å². The zero-order valence-electron chi connectivity index (χ0n) is 17.5. The number of anilines is 2. The molecule has 3 aromatic carbocycles. The summed E-state index contributed by atoms with van der Waals surface area (Å²) in [6, 6.07) is 18.2. The van der Waals surface area contributed by atoms with E-state index in [9.17, 15) is 9.59 Å². The Bertz CT molecular complexity index is 1280. The quantitative estimate of drug-likeness (QED) is 0.466. The Labute approximate surface area is 179 Å². The van der Waals surface area contributed by atoms with E-state index in [0.717, 1.165) is 22.0 Å². The Morgan fingerprint density at radius 1 is 0.968 bits per heavy atom. The molecule has 1 heterocycles. The van der Waals surface area contributed by atoms with Gasteiger partial charge in [0.05, 0.1) is 18.4 Å². The molecule has 0 aliphatic rings. The van der Waals surface area contributed by atoms with Crippen molar-refractivity contribution >= 4 is 45.2 Å². The summed E-state index contributed by atoms with van der Waals surface area (Å²) in [6.45, 7) is -0.424. The zero-order valence-corrected chi connectivity index (χ0v) is 17.5. The predicted molar refractivity (Wildman–Crippen MR) is 120 cm³/mol. The fourth-order valence-corrected chi connectivity index (χ4v) is 3.33. The molecule has 158 valence electrons. The minimum absolute atomic E-state index is 0.375. The van der Waals surface area contributed by atoms with Gasteiger partial charge in [-0.2, -0.15) is 0 Å². The lowest BCUT2D eigenvalue weighted by molar-refractivity contribution is -0.119. The van der Waals surface area contributed by atoms with Crippen molar-refractivity contribution in [3.05, 3.63) is 66.2 Å². The fourth-order valence-electron chi connectivity index (χ4n) is 3.33. The first-order valence-electron chi connectivity index (χ1n) is 9.70. The van der Waals surface area contributed by atoms with Gasteiger partial charge in [0, 0.05) is 36.6 Å². The monoisotopic (exact) mass is 418 g/mol. The maximum absolute atomic E-state index is 12.4. The van der Waals surface area contributed by atoms with E-state index in [1.807, 2.05) is 55.4 Å². The largest absolute Gasteiger partial charge is 0.495 e. The van der Waals surface area contributed by atoms with E-state index < -0.39 is 18.5 Å². The topological polar surface area (TPSA) is 81.0 Å². The van der Waals surface area contributed by atoms with Crippen LogP contribution in [0.25, 0.3) is 21.9 Å². The normalized spacial score (nSPS) is 10.8. The number of esters is 1. The second-order valence-corrected chi connectivity index (χ2v) is 7.22. The molecular weight excluding hydrogens is 396 g/mol. The highest BCUT2D eigenvalue weighted by Crippen LogP contribution is 2.36. The average Bonchev–Trinajstić information content (AvgIpc) is 3.14. The molecule has 1 N–H and O–H groups in total. The van der Waals surface area contributed by atoms with E-state index in [4.69, 9.17) is 13.9 Å². The summed E-state index contributed by atoms with van der Waals surface area (Å²) in [4.78, 5) is 26.6. The van der Waals surface area contributed by atoms with Crippen LogP contribution in [0.15, 0.2) is 65.1 Å². The van der Waals surface area contributed by atoms with E-state index in [0.29, 0.717) is 22.6 Å². The van der Waals surface area contributed by atoms with E-state index in [1.165, 1.54) is 7.11 Å². The number of ether oxygens (including phenoxy) is 2. The third-order valence-electron chi connectivity index (χ3n) is 4.91. The molecule has 0 bridgehead atoms. The Morgan fingerprint density at radius 3 is 2.55 bits per heavy atom. The molecule has 0 spiro atoms. The summed E-state index contributed by atoms with van der Waals surface area (Å²) < 4.78 is 16.5. The smallest absolute Gasteiger partial charge is 0.338 e. The lowest BCUT2D eigenvalue weighted by Crippen LogP contribution is -2.21. The van der Waals surface area contributed by atoms with Crippen molar-refractivity contribution in [1.82, 2.24) is 0 Å². The molecule has 0 unspecified atom stereocenters. The van der Waals surface area contributed by atoms with E-state index in [1.54, 1.807) is 24.3 Å². The number of nitrogens with zero attached hydrogens (tertiary/aromatic N) is 1. The maximum atomic E-state index is 12.4. The van der Waals surface area contributed by atoms with Crippen LogP contribution in [0.3, 0.4) is 0 Å². The first-order chi connectivity index (χ1) is 15.0. The third kappa shape index (κ3) is 4.16. The Kier molecular flexibility index (Phi) is 5.49. The molecule has 0 aliphatic carbocycles. The van der Waals surface area contributed by atoms with Gasteiger partial charge < -0.3 is 24.1 Å². The molecule has 4 rings (SSSR count). The minimum atomic E-state index is -0.571. The first kappa shape index (κ1) is 20.3. The number of hydrogen-bond acceptors (Lipinski definition) is 6. The van der Waals surface area contributed by atoms with Gasteiger partial charge in [0.1, 0.15) is 16.9 Å². The van der Waals surface area contributed by atoms with Crippen molar-refractivity contribution in [2.75, 3.05) is 38.0 Å². The van der Waals surface area contributed by atoms with Crippen molar-refractivity contribution in [2.45, 2.75) is 0 Å². The number of furan rings is 1. The van der Waals surface area contributed by atoms with Gasteiger partial charge >= 0.3 is 5.97 Å². The number of para-hydroxylation sites is 1. The van der Waals surface area contributed by atoms with Gasteiger partial charge in [-0.3, -0.25) is 4.79 Å². The van der Waals surface area contributed by atoms with Crippen LogP contribution in [0.2, 0.25) is 0 Å². The van der Waals surface area contributed by atoms with Crippen LogP contribution in [-0.4, -0.2) is 39.7 Å². The van der Waals surface area contributed by atoms with Crippen LogP contribution in [0, 0.1) is 0 Å². The second-order valence-electron chi connectivity index (χ2n) is 7.22. The number of amides is 1. The van der Waals surface area contributed by atoms with Gasteiger partial charge in [0.15, 0.2) is 6.61 Å². The van der Waals surface area contributed by atoms with Crippen LogP contribution in [0.1, 0.15) is 10.4 Å². The van der Waals surface area contributed by atoms with Crippen molar-refractivity contribution in [1.29, 1.82) is 0 Å². The van der Waals surface area contributed by atoms with Crippen LogP contribution in [-0.2, 0) is 9.53 Å². The van der Waals surface area contributed by atoms with Crippen LogP contribution in [0.5, 0.6) is 5.75 Å². The molecule has 7 nitrogen and oxygen atoms in total. The zero-order chi connectivity index (χ0) is 22.0. The van der Waals surface area contributed by atoms with E-state index in [2.05, 4.69) is 5.32 Å². The molecule has 1 amide bonds. The van der Waals surface area contributed by atoms with Crippen molar-refractivity contribution in [3.8, 4) is 5.75 Å². The van der Waals surface area contributed by atoms with Crippen LogP contribution < -0.4 is 15.0 Å². The molecule has 0 radical (unpaired) electrons. The lowest BCUT2D eigenvalue weighted by atomic mass is 10.1. The summed E-state index contributed by atoms with van der Waals surface area (Å²) in [6.07, 6.45) is 0. The first-order valence-corrected chi connectivity index (χ1v) is 9.70. The summed E-state index contributed by atoms with van der Waals surface area (Å²) >= 11 is 0.